The van der Waals surface area contributed by atoms with Crippen molar-refractivity contribution in [2.24, 2.45) is 10.2 Å². The van der Waals surface area contributed by atoms with Crippen LogP contribution in [0.15, 0.2) is 119 Å². The highest BCUT2D eigenvalue weighted by Crippen LogP contribution is 2.15. The Hall–Kier alpha value is -5.24. The molecule has 0 bridgehead atoms. The van der Waals surface area contributed by atoms with Gasteiger partial charge in [-0.2, -0.15) is 10.2 Å². The van der Waals surface area contributed by atoms with E-state index in [2.05, 4.69) is 21.1 Å². The molecule has 0 saturated heterocycles. The summed E-state index contributed by atoms with van der Waals surface area (Å²) < 4.78 is 11.6. The van der Waals surface area contributed by atoms with E-state index in [1.807, 2.05) is 84.9 Å². The van der Waals surface area contributed by atoms with Gasteiger partial charge in [-0.25, -0.2) is 10.9 Å². The highest BCUT2D eigenvalue weighted by Gasteiger charge is 2.11. The molecule has 8 heteroatoms. The van der Waals surface area contributed by atoms with Crippen molar-refractivity contribution in [2.75, 3.05) is 0 Å². The minimum Gasteiger partial charge on any atom is -0.489 e. The third-order valence-corrected chi connectivity index (χ3v) is 5.18. The number of nitrogens with one attached hydrogen (secondary N) is 2. The summed E-state index contributed by atoms with van der Waals surface area (Å²) in [4.78, 5) is 24.0. The van der Waals surface area contributed by atoms with E-state index in [-0.39, 0.29) is 0 Å². The van der Waals surface area contributed by atoms with Crippen LogP contribution >= 0.6 is 0 Å². The molecule has 0 atom stereocenters. The number of hydrogen-bond donors (Lipinski definition) is 2. The van der Waals surface area contributed by atoms with E-state index in [1.165, 1.54) is 12.4 Å². The van der Waals surface area contributed by atoms with Gasteiger partial charge in [-0.05, 0) is 46.5 Å². The van der Waals surface area contributed by atoms with E-state index in [1.54, 1.807) is 24.3 Å². The van der Waals surface area contributed by atoms with Crippen molar-refractivity contribution in [3.8, 4) is 11.5 Å². The van der Waals surface area contributed by atoms with Gasteiger partial charge in [0.05, 0.1) is 12.4 Å². The van der Waals surface area contributed by atoms with Crippen LogP contribution < -0.4 is 20.3 Å². The number of nitrogens with zero attached hydrogens (tertiary/aromatic N) is 2. The number of carbonyl (C=O) groups is 2. The predicted octanol–water partition coefficient (Wildman–Crippen LogP) is 4.45. The zero-order chi connectivity index (χ0) is 26.4. The number of benzene rings is 4. The molecule has 38 heavy (non-hydrogen) atoms. The smallest absolute Gasteiger partial charge is 0.331 e. The Balaban J connectivity index is 1.21. The molecular weight excluding hydrogens is 480 g/mol. The third kappa shape index (κ3) is 8.46. The number of carbonyl (C=O) groups excluding carboxylic acids is 2. The second-order valence-corrected chi connectivity index (χ2v) is 8.09. The summed E-state index contributed by atoms with van der Waals surface area (Å²) in [5, 5.41) is 7.67. The maximum atomic E-state index is 12.0. The summed E-state index contributed by atoms with van der Waals surface area (Å²) in [5.41, 5.74) is 7.86. The summed E-state index contributed by atoms with van der Waals surface area (Å²) in [6.45, 7) is 0.869. The molecule has 0 aliphatic heterocycles. The Morgan fingerprint density at radius 3 is 1.42 bits per heavy atom. The molecule has 4 aromatic carbocycles. The molecule has 4 aromatic rings. The molecular formula is C30H26N4O4. The van der Waals surface area contributed by atoms with Gasteiger partial charge in [0.15, 0.2) is 0 Å². The van der Waals surface area contributed by atoms with Crippen LogP contribution in [0.4, 0.5) is 0 Å². The molecule has 0 saturated carbocycles. The van der Waals surface area contributed by atoms with Crippen LogP contribution in [0.2, 0.25) is 0 Å². The lowest BCUT2D eigenvalue weighted by molar-refractivity contribution is -0.139. The Morgan fingerprint density at radius 2 is 1.00 bits per heavy atom. The van der Waals surface area contributed by atoms with Crippen LogP contribution in [0, 0.1) is 0 Å². The summed E-state index contributed by atoms with van der Waals surface area (Å²) >= 11 is 0. The average molecular weight is 507 g/mol. The van der Waals surface area contributed by atoms with Crippen molar-refractivity contribution >= 4 is 24.2 Å². The van der Waals surface area contributed by atoms with Crippen LogP contribution in [0.3, 0.4) is 0 Å². The monoisotopic (exact) mass is 506 g/mol. The molecule has 2 amide bonds. The van der Waals surface area contributed by atoms with Crippen LogP contribution in [-0.4, -0.2) is 24.2 Å². The van der Waals surface area contributed by atoms with Crippen molar-refractivity contribution in [3.63, 3.8) is 0 Å². The molecule has 0 heterocycles. The van der Waals surface area contributed by atoms with Crippen molar-refractivity contribution in [1.29, 1.82) is 0 Å². The second-order valence-electron chi connectivity index (χ2n) is 8.09. The highest BCUT2D eigenvalue weighted by atomic mass is 16.5. The van der Waals surface area contributed by atoms with Gasteiger partial charge < -0.3 is 9.47 Å². The lowest BCUT2D eigenvalue weighted by Crippen LogP contribution is -2.35. The molecule has 190 valence electrons. The molecule has 2 N–H and O–H groups in total. The number of hydrazone groups is 2. The van der Waals surface area contributed by atoms with Crippen molar-refractivity contribution in [3.05, 3.63) is 131 Å². The molecule has 0 spiro atoms. The first-order chi connectivity index (χ1) is 18.7. The number of hydrogen-bond acceptors (Lipinski definition) is 6. The maximum absolute atomic E-state index is 12.0. The Morgan fingerprint density at radius 1 is 0.579 bits per heavy atom. The first-order valence-electron chi connectivity index (χ1n) is 11.9. The zero-order valence-corrected chi connectivity index (χ0v) is 20.5. The normalized spacial score (nSPS) is 10.8. The lowest BCUT2D eigenvalue weighted by Gasteiger charge is -2.07. The first-order valence-corrected chi connectivity index (χ1v) is 11.9. The summed E-state index contributed by atoms with van der Waals surface area (Å²) in [7, 11) is 0. The van der Waals surface area contributed by atoms with E-state index < -0.39 is 11.8 Å². The molecule has 0 aliphatic rings. The van der Waals surface area contributed by atoms with Gasteiger partial charge >= 0.3 is 11.8 Å². The van der Waals surface area contributed by atoms with Crippen molar-refractivity contribution in [2.45, 2.75) is 13.2 Å². The second kappa shape index (κ2) is 13.7. The van der Waals surface area contributed by atoms with E-state index in [4.69, 9.17) is 9.47 Å². The first kappa shape index (κ1) is 25.8. The quantitative estimate of drug-likeness (QED) is 0.189. The molecule has 0 aliphatic carbocycles. The highest BCUT2D eigenvalue weighted by molar-refractivity contribution is 6.35. The zero-order valence-electron chi connectivity index (χ0n) is 20.5. The SMILES string of the molecule is O=C(N/N=C/c1cccc(OCc2ccccc2)c1)C(=O)N/N=C/c1cccc(OCc2ccccc2)c1. The van der Waals surface area contributed by atoms with Gasteiger partial charge in [-0.1, -0.05) is 84.9 Å². The fourth-order valence-corrected chi connectivity index (χ4v) is 3.28. The topological polar surface area (TPSA) is 101 Å². The largest absolute Gasteiger partial charge is 0.489 e. The van der Waals surface area contributed by atoms with E-state index >= 15 is 0 Å². The minimum atomic E-state index is -0.949. The average Bonchev–Trinajstić information content (AvgIpc) is 2.96. The van der Waals surface area contributed by atoms with Gasteiger partial charge in [0.1, 0.15) is 24.7 Å². The van der Waals surface area contributed by atoms with Crippen molar-refractivity contribution in [1.82, 2.24) is 10.9 Å². The van der Waals surface area contributed by atoms with E-state index in [9.17, 15) is 9.59 Å². The number of amides is 2. The Labute approximate surface area is 220 Å². The fraction of sp³-hybridized carbons (Fsp3) is 0.0667. The van der Waals surface area contributed by atoms with E-state index in [0.29, 0.717) is 35.8 Å². The van der Waals surface area contributed by atoms with Crippen LogP contribution in [0.5, 0.6) is 11.5 Å². The van der Waals surface area contributed by atoms with Crippen LogP contribution in [0.25, 0.3) is 0 Å². The van der Waals surface area contributed by atoms with E-state index in [0.717, 1.165) is 11.1 Å². The number of ether oxygens (including phenoxy) is 2. The fourth-order valence-electron chi connectivity index (χ4n) is 3.28. The van der Waals surface area contributed by atoms with Crippen LogP contribution in [-0.2, 0) is 22.8 Å². The molecule has 0 aromatic heterocycles. The molecule has 4 rings (SSSR count). The minimum absolute atomic E-state index is 0.434. The third-order valence-electron chi connectivity index (χ3n) is 5.18. The molecule has 0 fully saturated rings. The molecule has 8 nitrogen and oxygen atoms in total. The van der Waals surface area contributed by atoms with Gasteiger partial charge in [-0.15, -0.1) is 0 Å². The van der Waals surface area contributed by atoms with Gasteiger partial charge in [0.25, 0.3) is 0 Å². The predicted molar refractivity (Wildman–Crippen MR) is 146 cm³/mol. The lowest BCUT2D eigenvalue weighted by atomic mass is 10.2. The summed E-state index contributed by atoms with van der Waals surface area (Å²) in [6, 6.07) is 34.1. The van der Waals surface area contributed by atoms with Gasteiger partial charge in [0, 0.05) is 0 Å². The number of rotatable bonds is 10. The summed E-state index contributed by atoms with van der Waals surface area (Å²) in [6.07, 6.45) is 2.84. The molecule has 0 unspecified atom stereocenters. The maximum Gasteiger partial charge on any atom is 0.331 e. The van der Waals surface area contributed by atoms with Gasteiger partial charge in [0.2, 0.25) is 0 Å². The summed E-state index contributed by atoms with van der Waals surface area (Å²) in [5.74, 6) is -0.582. The Kier molecular flexibility index (Phi) is 9.35. The van der Waals surface area contributed by atoms with Gasteiger partial charge in [-0.3, -0.25) is 9.59 Å². The van der Waals surface area contributed by atoms with Crippen LogP contribution in [0.1, 0.15) is 22.3 Å². The Bertz CT molecular complexity index is 1300. The van der Waals surface area contributed by atoms with Crippen molar-refractivity contribution < 1.29 is 19.1 Å². The standard InChI is InChI=1S/C30H26N4O4/c35-29(33-31-19-25-13-7-15-27(17-25)37-21-23-9-3-1-4-10-23)30(36)34-32-20-26-14-8-16-28(18-26)38-22-24-11-5-2-6-12-24/h1-20H,21-22H2,(H,33,35)(H,34,36)/b31-19+,32-20+. The molecule has 0 radical (unpaired) electrons.